The van der Waals surface area contributed by atoms with Crippen LogP contribution < -0.4 is 4.80 Å². The molecule has 0 fully saturated rings. The van der Waals surface area contributed by atoms with Crippen molar-refractivity contribution in [2.75, 3.05) is 0 Å². The van der Waals surface area contributed by atoms with Gasteiger partial charge in [-0.15, -0.1) is 6.42 Å². The summed E-state index contributed by atoms with van der Waals surface area (Å²) in [6, 6.07) is 11.4. The molecule has 6 heteroatoms. The minimum atomic E-state index is -0.237. The number of hydrogen-bond acceptors (Lipinski definition) is 2. The highest BCUT2D eigenvalue weighted by Crippen LogP contribution is 2.31. The van der Waals surface area contributed by atoms with E-state index in [4.69, 9.17) is 29.6 Å². The molecule has 132 valence electrons. The Morgan fingerprint density at radius 1 is 1.15 bits per heavy atom. The maximum atomic E-state index is 12.4. The second kappa shape index (κ2) is 8.09. The molecule has 0 atom stereocenters. The molecule has 0 N–H and O–H groups in total. The molecule has 1 aromatic heterocycles. The first-order valence-electron chi connectivity index (χ1n) is 8.09. The number of fused-ring (bicyclic) bond motifs is 1. The van der Waals surface area contributed by atoms with Gasteiger partial charge in [0.1, 0.15) is 0 Å². The summed E-state index contributed by atoms with van der Waals surface area (Å²) in [6.45, 7) is 2.36. The molecule has 1 heterocycles. The van der Waals surface area contributed by atoms with E-state index in [2.05, 4.69) is 17.8 Å². The number of benzene rings is 2. The first-order valence-corrected chi connectivity index (χ1v) is 9.67. The summed E-state index contributed by atoms with van der Waals surface area (Å²) >= 11 is 13.9. The summed E-state index contributed by atoms with van der Waals surface area (Å²) in [4.78, 5) is 17.2. The monoisotopic (exact) mass is 402 g/mol. The SMILES string of the molecule is C#CCn1c(=NC(=O)Cc2ccc(CC)cc2)sc2c(Cl)ccc(Cl)c21. The summed E-state index contributed by atoms with van der Waals surface area (Å²) in [6.07, 6.45) is 6.68. The molecule has 0 aliphatic heterocycles. The van der Waals surface area contributed by atoms with Crippen molar-refractivity contribution in [3.05, 3.63) is 62.4 Å². The average molecular weight is 403 g/mol. The highest BCUT2D eigenvalue weighted by molar-refractivity contribution is 7.17. The smallest absolute Gasteiger partial charge is 0.252 e. The van der Waals surface area contributed by atoms with Crippen LogP contribution in [0.4, 0.5) is 0 Å². The molecule has 2 aromatic carbocycles. The van der Waals surface area contributed by atoms with Crippen LogP contribution in [0.3, 0.4) is 0 Å². The van der Waals surface area contributed by atoms with Gasteiger partial charge in [-0.2, -0.15) is 4.99 Å². The van der Waals surface area contributed by atoms with Crippen LogP contribution >= 0.6 is 34.5 Å². The zero-order valence-corrected chi connectivity index (χ0v) is 16.5. The molecule has 0 saturated heterocycles. The van der Waals surface area contributed by atoms with Gasteiger partial charge in [0.05, 0.1) is 33.2 Å². The number of amides is 1. The third-order valence-electron chi connectivity index (χ3n) is 3.98. The summed E-state index contributed by atoms with van der Waals surface area (Å²) in [5.74, 6) is 2.34. The predicted molar refractivity (Wildman–Crippen MR) is 109 cm³/mol. The largest absolute Gasteiger partial charge is 0.303 e. The summed E-state index contributed by atoms with van der Waals surface area (Å²) in [5, 5.41) is 1.09. The number of rotatable bonds is 4. The molecule has 0 aliphatic carbocycles. The molecule has 0 unspecified atom stereocenters. The van der Waals surface area contributed by atoms with Crippen molar-refractivity contribution in [3.8, 4) is 12.3 Å². The van der Waals surface area contributed by atoms with E-state index >= 15 is 0 Å². The van der Waals surface area contributed by atoms with Crippen LogP contribution in [0, 0.1) is 12.3 Å². The van der Waals surface area contributed by atoms with Gasteiger partial charge >= 0.3 is 0 Å². The number of carbonyl (C=O) groups is 1. The van der Waals surface area contributed by atoms with E-state index in [1.165, 1.54) is 16.9 Å². The lowest BCUT2D eigenvalue weighted by Crippen LogP contribution is -2.17. The van der Waals surface area contributed by atoms with Gasteiger partial charge in [0.25, 0.3) is 5.91 Å². The molecule has 0 spiro atoms. The van der Waals surface area contributed by atoms with Crippen molar-refractivity contribution in [1.82, 2.24) is 4.57 Å². The van der Waals surface area contributed by atoms with Crippen LogP contribution in [0.15, 0.2) is 41.4 Å². The van der Waals surface area contributed by atoms with Gasteiger partial charge in [-0.3, -0.25) is 4.79 Å². The third-order valence-corrected chi connectivity index (χ3v) is 5.83. The highest BCUT2D eigenvalue weighted by atomic mass is 35.5. The minimum Gasteiger partial charge on any atom is -0.303 e. The molecule has 26 heavy (non-hydrogen) atoms. The van der Waals surface area contributed by atoms with Gasteiger partial charge in [0.2, 0.25) is 0 Å². The summed E-state index contributed by atoms with van der Waals surface area (Å²) in [5.41, 5.74) is 2.87. The zero-order chi connectivity index (χ0) is 18.7. The highest BCUT2D eigenvalue weighted by Gasteiger charge is 2.13. The Morgan fingerprint density at radius 2 is 1.81 bits per heavy atom. The van der Waals surface area contributed by atoms with Crippen LogP contribution in [0.25, 0.3) is 10.2 Å². The van der Waals surface area contributed by atoms with Crippen molar-refractivity contribution in [2.45, 2.75) is 26.3 Å². The van der Waals surface area contributed by atoms with Crippen molar-refractivity contribution >= 4 is 50.7 Å². The van der Waals surface area contributed by atoms with Crippen LogP contribution in [0.1, 0.15) is 18.1 Å². The second-order valence-electron chi connectivity index (χ2n) is 5.73. The Labute approximate surface area is 165 Å². The van der Waals surface area contributed by atoms with Gasteiger partial charge in [-0.1, -0.05) is 71.6 Å². The normalized spacial score (nSPS) is 11.7. The first kappa shape index (κ1) is 18.7. The maximum absolute atomic E-state index is 12.4. The van der Waals surface area contributed by atoms with Gasteiger partial charge in [-0.25, -0.2) is 0 Å². The Bertz CT molecular complexity index is 1070. The minimum absolute atomic E-state index is 0.232. The zero-order valence-electron chi connectivity index (χ0n) is 14.1. The number of terminal acetylenes is 1. The van der Waals surface area contributed by atoms with Crippen LogP contribution in [0.5, 0.6) is 0 Å². The number of thiazole rings is 1. The Hall–Kier alpha value is -2.06. The van der Waals surface area contributed by atoms with Gasteiger partial charge < -0.3 is 4.57 Å². The van der Waals surface area contributed by atoms with E-state index in [9.17, 15) is 4.79 Å². The fourth-order valence-electron chi connectivity index (χ4n) is 2.65. The fourth-order valence-corrected chi connectivity index (χ4v) is 4.31. The summed E-state index contributed by atoms with van der Waals surface area (Å²) < 4.78 is 2.53. The molecular formula is C20H16Cl2N2OS. The number of aryl methyl sites for hydroxylation is 1. The molecule has 0 bridgehead atoms. The molecule has 0 radical (unpaired) electrons. The van der Waals surface area contributed by atoms with Crippen LogP contribution in [-0.2, 0) is 24.2 Å². The molecule has 3 aromatic rings. The second-order valence-corrected chi connectivity index (χ2v) is 7.53. The number of nitrogens with zero attached hydrogens (tertiary/aromatic N) is 2. The van der Waals surface area contributed by atoms with Crippen molar-refractivity contribution in [2.24, 2.45) is 4.99 Å². The molecular weight excluding hydrogens is 387 g/mol. The Morgan fingerprint density at radius 3 is 2.46 bits per heavy atom. The predicted octanol–water partition coefficient (Wildman–Crippen LogP) is 4.88. The fraction of sp³-hybridized carbons (Fsp3) is 0.200. The molecule has 3 nitrogen and oxygen atoms in total. The average Bonchev–Trinajstić information content (AvgIpc) is 2.98. The van der Waals surface area contributed by atoms with E-state index in [0.717, 1.165) is 16.7 Å². The van der Waals surface area contributed by atoms with Gasteiger partial charge in [0.15, 0.2) is 4.80 Å². The lowest BCUT2D eigenvalue weighted by molar-refractivity contribution is -0.117. The topological polar surface area (TPSA) is 34.4 Å². The van der Waals surface area contributed by atoms with Crippen LogP contribution in [-0.4, -0.2) is 10.5 Å². The molecule has 1 amide bonds. The van der Waals surface area contributed by atoms with E-state index in [-0.39, 0.29) is 18.9 Å². The van der Waals surface area contributed by atoms with Gasteiger partial charge in [0, 0.05) is 0 Å². The lowest BCUT2D eigenvalue weighted by Gasteiger charge is -2.03. The Balaban J connectivity index is 2.01. The number of aromatic nitrogens is 1. The van der Waals surface area contributed by atoms with Crippen molar-refractivity contribution < 1.29 is 4.79 Å². The standard InChI is InChI=1S/C20H16Cl2N2OS/c1-3-11-24-18-15(21)9-10-16(22)19(18)26-20(24)23-17(25)12-14-7-5-13(4-2)6-8-14/h1,5-10H,4,11-12H2,2H3. The number of halogens is 2. The van der Waals surface area contributed by atoms with E-state index in [1.807, 2.05) is 24.3 Å². The maximum Gasteiger partial charge on any atom is 0.252 e. The molecule has 0 aliphatic rings. The molecule has 0 saturated carbocycles. The van der Waals surface area contributed by atoms with E-state index in [1.54, 1.807) is 16.7 Å². The van der Waals surface area contributed by atoms with Gasteiger partial charge in [-0.05, 0) is 29.7 Å². The number of carbonyl (C=O) groups excluding carboxylic acids is 1. The summed E-state index contributed by atoms with van der Waals surface area (Å²) in [7, 11) is 0. The van der Waals surface area contributed by atoms with Crippen molar-refractivity contribution in [1.29, 1.82) is 0 Å². The van der Waals surface area contributed by atoms with Crippen LogP contribution in [0.2, 0.25) is 10.0 Å². The third kappa shape index (κ3) is 3.86. The quantitative estimate of drug-likeness (QED) is 0.572. The van der Waals surface area contributed by atoms with Crippen molar-refractivity contribution in [3.63, 3.8) is 0 Å². The number of hydrogen-bond donors (Lipinski definition) is 0. The Kier molecular flexibility index (Phi) is 5.83. The van der Waals surface area contributed by atoms with E-state index in [0.29, 0.717) is 20.4 Å². The molecule has 3 rings (SSSR count). The lowest BCUT2D eigenvalue weighted by atomic mass is 10.1. The first-order chi connectivity index (χ1) is 12.5. The van der Waals surface area contributed by atoms with E-state index < -0.39 is 0 Å².